The van der Waals surface area contributed by atoms with E-state index in [4.69, 9.17) is 14.6 Å². The Kier molecular flexibility index (Phi) is 9.89. The van der Waals surface area contributed by atoms with Gasteiger partial charge < -0.3 is 19.7 Å². The van der Waals surface area contributed by atoms with Crippen molar-refractivity contribution in [1.82, 2.24) is 14.9 Å². The largest absolute Gasteiger partial charge is 0.490 e. The summed E-state index contributed by atoms with van der Waals surface area (Å²) in [4.78, 5) is 36.0. The average molecular weight is 437 g/mol. The van der Waals surface area contributed by atoms with Crippen molar-refractivity contribution >= 4 is 34.9 Å². The first kappa shape index (κ1) is 24.7. The smallest absolute Gasteiger partial charge is 0.475 e. The van der Waals surface area contributed by atoms with Crippen LogP contribution in [0.15, 0.2) is 18.1 Å². The van der Waals surface area contributed by atoms with Crippen LogP contribution < -0.4 is 5.32 Å². The van der Waals surface area contributed by atoms with Gasteiger partial charge in [0.1, 0.15) is 6.54 Å². The lowest BCUT2D eigenvalue weighted by molar-refractivity contribution is -0.192. The minimum atomic E-state index is -5.08. The van der Waals surface area contributed by atoms with Crippen LogP contribution in [0.25, 0.3) is 6.08 Å². The molecule has 2 N–H and O–H groups in total. The molecule has 0 saturated carbocycles. The van der Waals surface area contributed by atoms with Gasteiger partial charge in [-0.15, -0.1) is 0 Å². The number of piperidine rings is 1. The molecule has 162 valence electrons. The predicted molar refractivity (Wildman–Crippen MR) is 100 cm³/mol. The normalized spacial score (nSPS) is 18.0. The number of imidazole rings is 1. The molecule has 0 amide bonds. The Morgan fingerprint density at radius 2 is 2.10 bits per heavy atom. The van der Waals surface area contributed by atoms with Crippen LogP contribution in [0, 0.1) is 0 Å². The van der Waals surface area contributed by atoms with Gasteiger partial charge in [0.25, 0.3) is 0 Å². The molecular formula is C17H22F3N3O5S. The summed E-state index contributed by atoms with van der Waals surface area (Å²) in [7, 11) is 0. The summed E-state index contributed by atoms with van der Waals surface area (Å²) in [6.45, 7) is 5.59. The molecule has 1 atom stereocenters. The van der Waals surface area contributed by atoms with Gasteiger partial charge in [0.05, 0.1) is 18.6 Å². The number of nitrogens with one attached hydrogen (secondary N) is 1. The molecule has 0 aliphatic carbocycles. The zero-order valence-electron chi connectivity index (χ0n) is 15.9. The highest BCUT2D eigenvalue weighted by Crippen LogP contribution is 2.26. The fourth-order valence-corrected chi connectivity index (χ4v) is 3.27. The number of carboxylic acid groups (broad SMARTS) is 1. The van der Waals surface area contributed by atoms with E-state index < -0.39 is 12.1 Å². The molecule has 2 rings (SSSR count). The third-order valence-electron chi connectivity index (χ3n) is 3.48. The molecule has 12 heteroatoms. The van der Waals surface area contributed by atoms with Crippen molar-refractivity contribution in [3.8, 4) is 0 Å². The number of halogens is 3. The number of carbonyl (C=O) groups excluding carboxylic acids is 2. The summed E-state index contributed by atoms with van der Waals surface area (Å²) in [6, 6.07) is 0. The first-order chi connectivity index (χ1) is 13.5. The average Bonchev–Trinajstić information content (AvgIpc) is 3.03. The Morgan fingerprint density at radius 3 is 2.66 bits per heavy atom. The number of hydrogen-bond donors (Lipinski definition) is 2. The van der Waals surface area contributed by atoms with Gasteiger partial charge in [-0.3, -0.25) is 9.59 Å². The highest BCUT2D eigenvalue weighted by molar-refractivity contribution is 8.14. The lowest BCUT2D eigenvalue weighted by Gasteiger charge is -2.24. The molecule has 29 heavy (non-hydrogen) atoms. The van der Waals surface area contributed by atoms with E-state index in [0.29, 0.717) is 6.61 Å². The lowest BCUT2D eigenvalue weighted by atomic mass is 10.1. The molecule has 2 heterocycles. The van der Waals surface area contributed by atoms with Gasteiger partial charge in [-0.05, 0) is 31.5 Å². The molecule has 0 bridgehead atoms. The summed E-state index contributed by atoms with van der Waals surface area (Å²) in [5.41, 5.74) is 1.95. The molecule has 1 aromatic heterocycles. The summed E-state index contributed by atoms with van der Waals surface area (Å²) in [5.74, 6) is -3.03. The number of thioether (sulfide) groups is 1. The number of alkyl halides is 3. The zero-order valence-corrected chi connectivity index (χ0v) is 16.7. The zero-order chi connectivity index (χ0) is 22.0. The summed E-state index contributed by atoms with van der Waals surface area (Å²) < 4.78 is 38.4. The third-order valence-corrected chi connectivity index (χ3v) is 4.64. The fraction of sp³-hybridized carbons (Fsp3) is 0.529. The number of aromatic nitrogens is 2. The van der Waals surface area contributed by atoms with Crippen LogP contribution >= 0.6 is 11.8 Å². The van der Waals surface area contributed by atoms with Crippen molar-refractivity contribution in [1.29, 1.82) is 0 Å². The standard InChI is InChI=1S/C15H21N3O3S.C2HF3O2/c1-3-21-15(20)9-18-8-13(17-10-18)6-12-7-16-5-4-14(12)22-11(2)19;3-2(4,5)1(6)7/h6,8,10,14,16H,3-5,7,9H2,1-2H3;(H,6,7). The second-order valence-electron chi connectivity index (χ2n) is 5.86. The summed E-state index contributed by atoms with van der Waals surface area (Å²) in [5, 5.41) is 10.8. The molecule has 1 aromatic rings. The molecule has 1 aliphatic heterocycles. The molecule has 1 unspecified atom stereocenters. The molecule has 0 aromatic carbocycles. The predicted octanol–water partition coefficient (Wildman–Crippen LogP) is 2.10. The minimum absolute atomic E-state index is 0.130. The topological polar surface area (TPSA) is 111 Å². The van der Waals surface area contributed by atoms with Crippen molar-refractivity contribution in [3.05, 3.63) is 23.8 Å². The van der Waals surface area contributed by atoms with E-state index in [-0.39, 0.29) is 22.9 Å². The quantitative estimate of drug-likeness (QED) is 0.674. The van der Waals surface area contributed by atoms with Gasteiger partial charge in [-0.1, -0.05) is 11.8 Å². The van der Waals surface area contributed by atoms with Crippen LogP contribution in [0.3, 0.4) is 0 Å². The van der Waals surface area contributed by atoms with E-state index >= 15 is 0 Å². The maximum absolute atomic E-state index is 11.4. The van der Waals surface area contributed by atoms with Gasteiger partial charge in [0.2, 0.25) is 0 Å². The number of aliphatic carboxylic acids is 1. The van der Waals surface area contributed by atoms with Crippen molar-refractivity contribution in [2.75, 3.05) is 19.7 Å². The van der Waals surface area contributed by atoms with Crippen molar-refractivity contribution in [2.24, 2.45) is 0 Å². The molecule has 8 nitrogen and oxygen atoms in total. The van der Waals surface area contributed by atoms with Gasteiger partial charge >= 0.3 is 18.1 Å². The molecule has 1 saturated heterocycles. The molecular weight excluding hydrogens is 415 g/mol. The number of ether oxygens (including phenoxy) is 1. The van der Waals surface area contributed by atoms with E-state index in [9.17, 15) is 22.8 Å². The van der Waals surface area contributed by atoms with Crippen LogP contribution in [-0.2, 0) is 25.7 Å². The van der Waals surface area contributed by atoms with Gasteiger partial charge in [-0.25, -0.2) is 9.78 Å². The fourth-order valence-electron chi connectivity index (χ4n) is 2.33. The number of rotatable bonds is 5. The van der Waals surface area contributed by atoms with Gasteiger partial charge in [0, 0.05) is 24.9 Å². The SMILES string of the molecule is CCOC(=O)Cn1cnc(C=C2CNCCC2SC(C)=O)c1.O=C(O)C(F)(F)F. The second-order valence-corrected chi connectivity index (χ2v) is 7.24. The Morgan fingerprint density at radius 1 is 1.45 bits per heavy atom. The number of nitrogens with zero attached hydrogens (tertiary/aromatic N) is 2. The molecule has 1 fully saturated rings. The van der Waals surface area contributed by atoms with E-state index in [2.05, 4.69) is 10.3 Å². The van der Waals surface area contributed by atoms with Crippen molar-refractivity contribution in [3.63, 3.8) is 0 Å². The second kappa shape index (κ2) is 11.6. The highest BCUT2D eigenvalue weighted by Gasteiger charge is 2.38. The van der Waals surface area contributed by atoms with Crippen LogP contribution in [-0.4, -0.2) is 62.8 Å². The monoisotopic (exact) mass is 437 g/mol. The summed E-state index contributed by atoms with van der Waals surface area (Å²) in [6.07, 6.45) is 1.27. The van der Waals surface area contributed by atoms with E-state index in [1.807, 2.05) is 12.3 Å². The number of carbonyl (C=O) groups is 3. The number of carboxylic acids is 1. The van der Waals surface area contributed by atoms with Crippen molar-refractivity contribution in [2.45, 2.75) is 38.2 Å². The first-order valence-corrected chi connectivity index (χ1v) is 9.46. The van der Waals surface area contributed by atoms with Crippen molar-refractivity contribution < 1.29 is 37.4 Å². The first-order valence-electron chi connectivity index (χ1n) is 8.58. The summed E-state index contributed by atoms with van der Waals surface area (Å²) >= 11 is 1.37. The van der Waals surface area contributed by atoms with E-state index in [1.54, 1.807) is 24.7 Å². The van der Waals surface area contributed by atoms with Crippen LogP contribution in [0.4, 0.5) is 13.2 Å². The number of hydrogen-bond acceptors (Lipinski definition) is 7. The van der Waals surface area contributed by atoms with E-state index in [0.717, 1.165) is 30.8 Å². The van der Waals surface area contributed by atoms with Crippen LogP contribution in [0.5, 0.6) is 0 Å². The Bertz CT molecular complexity index is 749. The highest BCUT2D eigenvalue weighted by atomic mass is 32.2. The maximum atomic E-state index is 11.4. The van der Waals surface area contributed by atoms with Crippen LogP contribution in [0.1, 0.15) is 26.0 Å². The number of esters is 1. The third kappa shape index (κ3) is 9.61. The molecule has 0 spiro atoms. The van der Waals surface area contributed by atoms with Crippen LogP contribution in [0.2, 0.25) is 0 Å². The lowest BCUT2D eigenvalue weighted by Crippen LogP contribution is -2.32. The Labute approximate surface area is 169 Å². The Balaban J connectivity index is 0.000000516. The Hall–Kier alpha value is -2.34. The molecule has 0 radical (unpaired) electrons. The molecule has 1 aliphatic rings. The van der Waals surface area contributed by atoms with E-state index in [1.165, 1.54) is 11.8 Å². The minimum Gasteiger partial charge on any atom is -0.475 e. The maximum Gasteiger partial charge on any atom is 0.490 e. The van der Waals surface area contributed by atoms with Gasteiger partial charge in [-0.2, -0.15) is 13.2 Å². The van der Waals surface area contributed by atoms with Gasteiger partial charge in [0.15, 0.2) is 5.12 Å².